The maximum absolute atomic E-state index is 11.8. The third-order valence-electron chi connectivity index (χ3n) is 2.96. The first kappa shape index (κ1) is 19.6. The zero-order valence-corrected chi connectivity index (χ0v) is 13.5. The van der Waals surface area contributed by atoms with Gasteiger partial charge in [0.15, 0.2) is 0 Å². The zero-order valence-electron chi connectivity index (χ0n) is 13.5. The number of unbranched alkanes of at least 4 members (excludes halogenated alkanes) is 1. The van der Waals surface area contributed by atoms with Crippen molar-refractivity contribution in [3.8, 4) is 0 Å². The van der Waals surface area contributed by atoms with Gasteiger partial charge < -0.3 is 14.8 Å². The van der Waals surface area contributed by atoms with E-state index >= 15 is 0 Å². The van der Waals surface area contributed by atoms with Crippen molar-refractivity contribution in [1.29, 1.82) is 0 Å². The Morgan fingerprint density at radius 2 is 1.96 bits per heavy atom. The minimum atomic E-state index is -0.450. The van der Waals surface area contributed by atoms with Crippen molar-refractivity contribution in [3.63, 3.8) is 0 Å². The molecule has 132 valence electrons. The van der Waals surface area contributed by atoms with E-state index in [4.69, 9.17) is 14.7 Å². The Hall–Kier alpha value is -2.45. The van der Waals surface area contributed by atoms with Crippen LogP contribution in [0.25, 0.3) is 0 Å². The van der Waals surface area contributed by atoms with Gasteiger partial charge in [0.25, 0.3) is 0 Å². The molecule has 0 aliphatic heterocycles. The second-order valence-corrected chi connectivity index (χ2v) is 4.89. The summed E-state index contributed by atoms with van der Waals surface area (Å²) in [5, 5.41) is 11.0. The lowest BCUT2D eigenvalue weighted by atomic mass is 10.2. The van der Waals surface area contributed by atoms with E-state index in [9.17, 15) is 14.4 Å². The summed E-state index contributed by atoms with van der Waals surface area (Å²) in [6.45, 7) is 2.20. The van der Waals surface area contributed by atoms with E-state index < -0.39 is 11.9 Å². The molecule has 0 unspecified atom stereocenters. The minimum absolute atomic E-state index is 0.129. The molecule has 8 nitrogen and oxygen atoms in total. The standard InChI is InChI=1S/C16H22N2O6/c1-2-24-16(21)12-6-5-7-13(10-12)17-15(20)11-23-9-4-3-8-14(19)18-22/h5-7,10,22H,2-4,8-9,11H2,1H3,(H,17,20)(H,18,19). The summed E-state index contributed by atoms with van der Waals surface area (Å²) in [5.41, 5.74) is 2.38. The Bertz CT molecular complexity index is 561. The molecule has 0 bridgehead atoms. The molecular weight excluding hydrogens is 316 g/mol. The van der Waals surface area contributed by atoms with Crippen molar-refractivity contribution in [2.75, 3.05) is 25.1 Å². The van der Waals surface area contributed by atoms with Gasteiger partial charge in [-0.3, -0.25) is 14.8 Å². The predicted molar refractivity (Wildman–Crippen MR) is 85.6 cm³/mol. The maximum Gasteiger partial charge on any atom is 0.338 e. The average Bonchev–Trinajstić information content (AvgIpc) is 2.58. The number of ether oxygens (including phenoxy) is 2. The number of anilines is 1. The Balaban J connectivity index is 2.29. The minimum Gasteiger partial charge on any atom is -0.462 e. The van der Waals surface area contributed by atoms with Crippen LogP contribution in [-0.2, 0) is 19.1 Å². The van der Waals surface area contributed by atoms with Crippen LogP contribution in [0.5, 0.6) is 0 Å². The normalized spacial score (nSPS) is 10.1. The van der Waals surface area contributed by atoms with Crippen LogP contribution in [0, 0.1) is 0 Å². The molecule has 0 aliphatic rings. The van der Waals surface area contributed by atoms with Crippen molar-refractivity contribution < 1.29 is 29.1 Å². The number of benzene rings is 1. The van der Waals surface area contributed by atoms with Crippen LogP contribution < -0.4 is 10.8 Å². The van der Waals surface area contributed by atoms with E-state index in [2.05, 4.69) is 5.32 Å². The van der Waals surface area contributed by atoms with E-state index in [-0.39, 0.29) is 25.5 Å². The SMILES string of the molecule is CCOC(=O)c1cccc(NC(=O)COCCCCC(=O)NO)c1. The van der Waals surface area contributed by atoms with Gasteiger partial charge in [0, 0.05) is 18.7 Å². The van der Waals surface area contributed by atoms with E-state index in [0.29, 0.717) is 30.7 Å². The number of esters is 1. The van der Waals surface area contributed by atoms with Crippen molar-refractivity contribution in [2.45, 2.75) is 26.2 Å². The highest BCUT2D eigenvalue weighted by Gasteiger charge is 2.08. The van der Waals surface area contributed by atoms with Gasteiger partial charge in [0.05, 0.1) is 12.2 Å². The van der Waals surface area contributed by atoms with Crippen LogP contribution in [-0.4, -0.2) is 42.8 Å². The van der Waals surface area contributed by atoms with Crippen LogP contribution in [0.4, 0.5) is 5.69 Å². The van der Waals surface area contributed by atoms with Crippen LogP contribution in [0.3, 0.4) is 0 Å². The summed E-state index contributed by atoms with van der Waals surface area (Å²) >= 11 is 0. The largest absolute Gasteiger partial charge is 0.462 e. The molecule has 0 fully saturated rings. The zero-order chi connectivity index (χ0) is 17.8. The molecule has 1 aromatic rings. The molecule has 8 heteroatoms. The average molecular weight is 338 g/mol. The molecule has 0 saturated carbocycles. The van der Waals surface area contributed by atoms with Gasteiger partial charge in [-0.05, 0) is 38.0 Å². The Morgan fingerprint density at radius 3 is 2.67 bits per heavy atom. The van der Waals surface area contributed by atoms with E-state index in [0.717, 1.165) is 0 Å². The van der Waals surface area contributed by atoms with Crippen LogP contribution in [0.15, 0.2) is 24.3 Å². The molecular formula is C16H22N2O6. The molecule has 0 aliphatic carbocycles. The molecule has 1 aromatic carbocycles. The lowest BCUT2D eigenvalue weighted by Gasteiger charge is -2.08. The summed E-state index contributed by atoms with van der Waals surface area (Å²) < 4.78 is 10.1. The molecule has 3 N–H and O–H groups in total. The van der Waals surface area contributed by atoms with Gasteiger partial charge >= 0.3 is 5.97 Å². The number of hydrogen-bond acceptors (Lipinski definition) is 6. The molecule has 0 aromatic heterocycles. The number of rotatable bonds is 10. The van der Waals surface area contributed by atoms with Gasteiger partial charge in [-0.15, -0.1) is 0 Å². The fraction of sp³-hybridized carbons (Fsp3) is 0.438. The predicted octanol–water partition coefficient (Wildman–Crippen LogP) is 1.49. The van der Waals surface area contributed by atoms with Gasteiger partial charge in [-0.2, -0.15) is 0 Å². The van der Waals surface area contributed by atoms with Gasteiger partial charge in [-0.1, -0.05) is 6.07 Å². The number of carbonyl (C=O) groups is 3. The van der Waals surface area contributed by atoms with Gasteiger partial charge in [-0.25, -0.2) is 10.3 Å². The molecule has 0 saturated heterocycles. The van der Waals surface area contributed by atoms with Crippen LogP contribution in [0.2, 0.25) is 0 Å². The Morgan fingerprint density at radius 1 is 1.17 bits per heavy atom. The molecule has 0 atom stereocenters. The van der Waals surface area contributed by atoms with Crippen molar-refractivity contribution in [2.24, 2.45) is 0 Å². The number of carbonyl (C=O) groups excluding carboxylic acids is 3. The van der Waals surface area contributed by atoms with Crippen molar-refractivity contribution >= 4 is 23.5 Å². The highest BCUT2D eigenvalue weighted by atomic mass is 16.5. The third-order valence-corrected chi connectivity index (χ3v) is 2.96. The fourth-order valence-electron chi connectivity index (χ4n) is 1.85. The third kappa shape index (κ3) is 7.70. The maximum atomic E-state index is 11.8. The second-order valence-electron chi connectivity index (χ2n) is 4.89. The van der Waals surface area contributed by atoms with Crippen LogP contribution >= 0.6 is 0 Å². The number of nitrogens with one attached hydrogen (secondary N) is 2. The summed E-state index contributed by atoms with van der Waals surface area (Å²) in [5.74, 6) is -1.24. The summed E-state index contributed by atoms with van der Waals surface area (Å²) in [4.78, 5) is 34.2. The van der Waals surface area contributed by atoms with E-state index in [1.165, 1.54) is 6.07 Å². The van der Waals surface area contributed by atoms with Gasteiger partial charge in [0.2, 0.25) is 11.8 Å². The van der Waals surface area contributed by atoms with Crippen molar-refractivity contribution in [1.82, 2.24) is 5.48 Å². The first-order valence-electron chi connectivity index (χ1n) is 7.64. The van der Waals surface area contributed by atoms with E-state index in [1.807, 2.05) is 0 Å². The summed E-state index contributed by atoms with van der Waals surface area (Å²) in [6, 6.07) is 6.44. The van der Waals surface area contributed by atoms with Gasteiger partial charge in [0.1, 0.15) is 6.61 Å². The first-order valence-corrected chi connectivity index (χ1v) is 7.64. The van der Waals surface area contributed by atoms with Crippen LogP contribution in [0.1, 0.15) is 36.5 Å². The lowest BCUT2D eigenvalue weighted by molar-refractivity contribution is -0.129. The molecule has 0 spiro atoms. The molecule has 24 heavy (non-hydrogen) atoms. The molecule has 0 radical (unpaired) electrons. The summed E-state index contributed by atoms with van der Waals surface area (Å²) in [7, 11) is 0. The number of hydrogen-bond donors (Lipinski definition) is 3. The topological polar surface area (TPSA) is 114 Å². The Labute approximate surface area is 140 Å². The monoisotopic (exact) mass is 338 g/mol. The number of amides is 2. The highest BCUT2D eigenvalue weighted by Crippen LogP contribution is 2.11. The second kappa shape index (κ2) is 11.1. The first-order chi connectivity index (χ1) is 11.6. The Kier molecular flexibility index (Phi) is 9.10. The van der Waals surface area contributed by atoms with Crippen molar-refractivity contribution in [3.05, 3.63) is 29.8 Å². The number of hydroxylamine groups is 1. The fourth-order valence-corrected chi connectivity index (χ4v) is 1.85. The quantitative estimate of drug-likeness (QED) is 0.258. The molecule has 2 amide bonds. The summed E-state index contributed by atoms with van der Waals surface area (Å²) in [6.07, 6.45) is 1.35. The highest BCUT2D eigenvalue weighted by molar-refractivity contribution is 5.95. The smallest absolute Gasteiger partial charge is 0.338 e. The molecule has 0 heterocycles. The molecule has 1 rings (SSSR count). The lowest BCUT2D eigenvalue weighted by Crippen LogP contribution is -2.19. The van der Waals surface area contributed by atoms with E-state index in [1.54, 1.807) is 30.6 Å².